The van der Waals surface area contributed by atoms with Gasteiger partial charge in [0.15, 0.2) is 0 Å². The van der Waals surface area contributed by atoms with E-state index in [1.54, 1.807) is 0 Å². The van der Waals surface area contributed by atoms with E-state index in [2.05, 4.69) is 37.9 Å². The number of esters is 1. The van der Waals surface area contributed by atoms with Crippen LogP contribution in [0.4, 0.5) is 0 Å². The van der Waals surface area contributed by atoms with Crippen molar-refractivity contribution in [3.63, 3.8) is 0 Å². The Bertz CT molecular complexity index is 377. The highest BCUT2D eigenvalue weighted by Crippen LogP contribution is 2.18. The Morgan fingerprint density at radius 3 is 2.56 bits per heavy atom. The van der Waals surface area contributed by atoms with E-state index >= 15 is 0 Å². The van der Waals surface area contributed by atoms with Crippen molar-refractivity contribution in [2.24, 2.45) is 0 Å². The summed E-state index contributed by atoms with van der Waals surface area (Å²) in [5.41, 5.74) is 1.07. The van der Waals surface area contributed by atoms with Crippen LogP contribution in [0.25, 0.3) is 0 Å². The summed E-state index contributed by atoms with van der Waals surface area (Å²) in [5, 5.41) is 3.34. The number of carbonyl (C=O) groups excluding carboxylic acids is 1. The summed E-state index contributed by atoms with van der Waals surface area (Å²) >= 11 is 0. The molecule has 0 fully saturated rings. The fraction of sp³-hybridized carbons (Fsp3) is 0.357. The fourth-order valence-corrected chi connectivity index (χ4v) is 1.53. The summed E-state index contributed by atoms with van der Waals surface area (Å²) in [6.45, 7) is 8.49. The molecule has 4 heteroatoms. The lowest BCUT2D eigenvalue weighted by atomic mass is 9.94. The monoisotopic (exact) mass is 313 g/mol. The maximum Gasteiger partial charge on any atom is 0.330 e. The predicted octanol–water partition coefficient (Wildman–Crippen LogP) is 2.82. The second-order valence-electron chi connectivity index (χ2n) is 4.29. The topological polar surface area (TPSA) is 38.3 Å². The van der Waals surface area contributed by atoms with Crippen LogP contribution < -0.4 is 5.32 Å². The Morgan fingerprint density at radius 2 is 2.00 bits per heavy atom. The highest BCUT2D eigenvalue weighted by Gasteiger charge is 2.18. The zero-order chi connectivity index (χ0) is 12.7. The number of hydrogen-bond donors (Lipinski definition) is 1. The molecule has 100 valence electrons. The molecule has 1 aromatic carbocycles. The first-order valence-electron chi connectivity index (χ1n) is 5.66. The molecule has 0 aromatic heterocycles. The molecule has 0 aliphatic carbocycles. The fourth-order valence-electron chi connectivity index (χ4n) is 1.53. The van der Waals surface area contributed by atoms with Crippen molar-refractivity contribution in [3.05, 3.63) is 48.6 Å². The summed E-state index contributed by atoms with van der Waals surface area (Å²) < 4.78 is 4.90. The van der Waals surface area contributed by atoms with Crippen LogP contribution in [-0.2, 0) is 15.1 Å². The number of benzene rings is 1. The molecule has 0 saturated heterocycles. The number of nitrogens with one attached hydrogen (secondary N) is 1. The van der Waals surface area contributed by atoms with Gasteiger partial charge in [-0.15, -0.1) is 17.0 Å². The van der Waals surface area contributed by atoms with E-state index < -0.39 is 0 Å². The van der Waals surface area contributed by atoms with Crippen LogP contribution in [-0.4, -0.2) is 19.1 Å². The average molecular weight is 314 g/mol. The molecular formula is C14H20BrNO2. The third-order valence-electron chi connectivity index (χ3n) is 2.58. The standard InChI is InChI=1S/C14H19NO2.BrH/c1-4-13(16)17-11-10-15-14(2,3)12-8-6-5-7-9-12;/h4-9,15H,1,10-11H2,2-3H3;1H. The van der Waals surface area contributed by atoms with Crippen molar-refractivity contribution in [1.82, 2.24) is 5.32 Å². The Balaban J connectivity index is 0.00000289. The second kappa shape index (κ2) is 8.06. The van der Waals surface area contributed by atoms with E-state index in [-0.39, 0.29) is 28.5 Å². The van der Waals surface area contributed by atoms with Crippen molar-refractivity contribution in [2.75, 3.05) is 13.2 Å². The minimum Gasteiger partial charge on any atom is -0.461 e. The molecule has 1 aromatic rings. The van der Waals surface area contributed by atoms with E-state index in [0.717, 1.165) is 0 Å². The summed E-state index contributed by atoms with van der Waals surface area (Å²) in [4.78, 5) is 10.8. The van der Waals surface area contributed by atoms with Crippen LogP contribution in [0.15, 0.2) is 43.0 Å². The molecule has 0 aliphatic heterocycles. The van der Waals surface area contributed by atoms with Crippen molar-refractivity contribution in [1.29, 1.82) is 0 Å². The molecule has 0 unspecified atom stereocenters. The Hall–Kier alpha value is -1.13. The maximum atomic E-state index is 10.8. The van der Waals surface area contributed by atoms with Crippen LogP contribution >= 0.6 is 17.0 Å². The average Bonchev–Trinajstić information content (AvgIpc) is 2.35. The third-order valence-corrected chi connectivity index (χ3v) is 2.58. The van der Waals surface area contributed by atoms with E-state index in [4.69, 9.17) is 4.74 Å². The van der Waals surface area contributed by atoms with Crippen LogP contribution in [0.1, 0.15) is 19.4 Å². The van der Waals surface area contributed by atoms with Gasteiger partial charge in [0, 0.05) is 18.2 Å². The van der Waals surface area contributed by atoms with Gasteiger partial charge in [0.2, 0.25) is 0 Å². The number of hydrogen-bond acceptors (Lipinski definition) is 3. The zero-order valence-corrected chi connectivity index (χ0v) is 12.5. The summed E-state index contributed by atoms with van der Waals surface area (Å²) in [6.07, 6.45) is 1.17. The molecule has 1 N–H and O–H groups in total. The van der Waals surface area contributed by atoms with E-state index in [1.807, 2.05) is 18.2 Å². The molecule has 0 bridgehead atoms. The maximum absolute atomic E-state index is 10.8. The van der Waals surface area contributed by atoms with Gasteiger partial charge in [-0.1, -0.05) is 36.9 Å². The van der Waals surface area contributed by atoms with E-state index in [9.17, 15) is 4.79 Å². The number of ether oxygens (including phenoxy) is 1. The molecular weight excluding hydrogens is 294 g/mol. The van der Waals surface area contributed by atoms with Gasteiger partial charge in [0.25, 0.3) is 0 Å². The minimum absolute atomic E-state index is 0. The molecule has 0 heterocycles. The van der Waals surface area contributed by atoms with Crippen molar-refractivity contribution in [2.45, 2.75) is 19.4 Å². The van der Waals surface area contributed by atoms with Gasteiger partial charge in [0.05, 0.1) is 0 Å². The van der Waals surface area contributed by atoms with Gasteiger partial charge < -0.3 is 10.1 Å². The highest BCUT2D eigenvalue weighted by atomic mass is 79.9. The van der Waals surface area contributed by atoms with Gasteiger partial charge in [0.1, 0.15) is 6.61 Å². The van der Waals surface area contributed by atoms with E-state index in [0.29, 0.717) is 13.2 Å². The first-order valence-corrected chi connectivity index (χ1v) is 5.66. The Labute approximate surface area is 119 Å². The molecule has 0 radical (unpaired) electrons. The largest absolute Gasteiger partial charge is 0.461 e. The first kappa shape index (κ1) is 16.9. The van der Waals surface area contributed by atoms with Crippen LogP contribution in [0.5, 0.6) is 0 Å². The molecule has 0 saturated carbocycles. The zero-order valence-electron chi connectivity index (χ0n) is 10.8. The lowest BCUT2D eigenvalue weighted by Crippen LogP contribution is -2.38. The smallest absolute Gasteiger partial charge is 0.330 e. The van der Waals surface area contributed by atoms with Gasteiger partial charge >= 0.3 is 5.97 Å². The van der Waals surface area contributed by atoms with Crippen molar-refractivity contribution < 1.29 is 9.53 Å². The van der Waals surface area contributed by atoms with Crippen molar-refractivity contribution in [3.8, 4) is 0 Å². The van der Waals surface area contributed by atoms with Crippen LogP contribution in [0.3, 0.4) is 0 Å². The number of carbonyl (C=O) groups is 1. The number of halogens is 1. The van der Waals surface area contributed by atoms with Crippen LogP contribution in [0, 0.1) is 0 Å². The summed E-state index contributed by atoms with van der Waals surface area (Å²) in [7, 11) is 0. The highest BCUT2D eigenvalue weighted by molar-refractivity contribution is 8.93. The van der Waals surface area contributed by atoms with Gasteiger partial charge in [-0.3, -0.25) is 0 Å². The molecule has 1 rings (SSSR count). The van der Waals surface area contributed by atoms with Gasteiger partial charge in [-0.05, 0) is 19.4 Å². The minimum atomic E-state index is -0.385. The molecule has 0 spiro atoms. The molecule has 3 nitrogen and oxygen atoms in total. The second-order valence-corrected chi connectivity index (χ2v) is 4.29. The molecule has 0 aliphatic rings. The van der Waals surface area contributed by atoms with Gasteiger partial charge in [-0.25, -0.2) is 4.79 Å². The lowest BCUT2D eigenvalue weighted by Gasteiger charge is -2.26. The lowest BCUT2D eigenvalue weighted by molar-refractivity contribution is -0.137. The van der Waals surface area contributed by atoms with Crippen molar-refractivity contribution >= 4 is 23.0 Å². The van der Waals surface area contributed by atoms with Crippen LogP contribution in [0.2, 0.25) is 0 Å². The first-order chi connectivity index (χ1) is 8.06. The normalized spacial score (nSPS) is 10.3. The van der Waals surface area contributed by atoms with E-state index in [1.165, 1.54) is 11.6 Å². The quantitative estimate of drug-likeness (QED) is 0.498. The molecule has 0 amide bonds. The number of rotatable bonds is 6. The summed E-state index contributed by atoms with van der Waals surface area (Å²) in [5.74, 6) is -0.385. The molecule has 0 atom stereocenters. The summed E-state index contributed by atoms with van der Waals surface area (Å²) in [6, 6.07) is 10.2. The molecule has 18 heavy (non-hydrogen) atoms. The predicted molar refractivity (Wildman–Crippen MR) is 78.9 cm³/mol. The third kappa shape index (κ3) is 5.47. The Kier molecular flexibility index (Phi) is 7.55. The van der Waals surface area contributed by atoms with Gasteiger partial charge in [-0.2, -0.15) is 0 Å². The SMILES string of the molecule is Br.C=CC(=O)OCCNC(C)(C)c1ccccc1. The Morgan fingerprint density at radius 1 is 1.39 bits per heavy atom.